The zero-order valence-corrected chi connectivity index (χ0v) is 29.1. The van der Waals surface area contributed by atoms with E-state index in [4.69, 9.17) is 10.5 Å². The molecule has 260 valence electrons. The van der Waals surface area contributed by atoms with Gasteiger partial charge in [0.1, 0.15) is 11.8 Å². The van der Waals surface area contributed by atoms with Gasteiger partial charge in [-0.25, -0.2) is 0 Å². The highest BCUT2D eigenvalue weighted by Gasteiger charge is 2.40. The van der Waals surface area contributed by atoms with Crippen molar-refractivity contribution in [2.45, 2.75) is 64.5 Å². The molecule has 3 N–H and O–H groups in total. The minimum atomic E-state index is -0.872. The Labute approximate surface area is 295 Å². The van der Waals surface area contributed by atoms with Crippen LogP contribution in [0.2, 0.25) is 0 Å². The molecular formula is C42H48N4O4. The highest BCUT2D eigenvalue weighted by Crippen LogP contribution is 2.39. The normalized spacial score (nSPS) is 17.2. The second kappa shape index (κ2) is 16.1. The van der Waals surface area contributed by atoms with Crippen LogP contribution in [-0.4, -0.2) is 37.4 Å². The fourth-order valence-electron chi connectivity index (χ4n) is 7.31. The zero-order valence-electron chi connectivity index (χ0n) is 29.1. The van der Waals surface area contributed by atoms with Crippen molar-refractivity contribution < 1.29 is 19.1 Å². The summed E-state index contributed by atoms with van der Waals surface area (Å²) in [6.45, 7) is 2.61. The number of unbranched alkanes of at least 4 members (excludes halogenated alkanes) is 1. The van der Waals surface area contributed by atoms with Crippen LogP contribution in [0.25, 0.3) is 11.1 Å². The number of hydrogen-bond acceptors (Lipinski definition) is 5. The third-order valence-corrected chi connectivity index (χ3v) is 10.3. The van der Waals surface area contributed by atoms with E-state index in [0.29, 0.717) is 25.3 Å². The van der Waals surface area contributed by atoms with E-state index >= 15 is 0 Å². The van der Waals surface area contributed by atoms with Gasteiger partial charge in [0.2, 0.25) is 11.8 Å². The molecule has 4 aromatic carbocycles. The minimum Gasteiger partial charge on any atom is -0.497 e. The molecule has 0 saturated heterocycles. The lowest BCUT2D eigenvalue weighted by molar-refractivity contribution is -0.136. The predicted molar refractivity (Wildman–Crippen MR) is 199 cm³/mol. The molecule has 2 aliphatic rings. The van der Waals surface area contributed by atoms with Crippen LogP contribution < -0.4 is 25.6 Å². The molecule has 0 bridgehead atoms. The lowest BCUT2D eigenvalue weighted by Crippen LogP contribution is -2.54. The molecule has 0 aromatic heterocycles. The van der Waals surface area contributed by atoms with Gasteiger partial charge in [0.25, 0.3) is 5.91 Å². The Morgan fingerprint density at radius 1 is 0.880 bits per heavy atom. The van der Waals surface area contributed by atoms with Gasteiger partial charge < -0.3 is 25.6 Å². The number of fused-ring (bicyclic) bond motifs is 1. The number of anilines is 3. The lowest BCUT2D eigenvalue weighted by Gasteiger charge is -2.34. The molecule has 1 saturated carbocycles. The lowest BCUT2D eigenvalue weighted by atomic mass is 9.73. The number of amides is 3. The topological polar surface area (TPSA) is 105 Å². The maximum Gasteiger partial charge on any atom is 0.251 e. The summed E-state index contributed by atoms with van der Waals surface area (Å²) in [4.78, 5) is 45.9. The molecule has 0 radical (unpaired) electrons. The third kappa shape index (κ3) is 7.85. The fraction of sp³-hybridized carbons (Fsp3) is 0.357. The SMILES string of the molecule is CCCCC(C(N)=O)C(CC1CCC1)C(=O)NC1CN(c2ccccc2)c2ccccc2N(Cc2cccc(-c3ccc(OC)cc3)c2)C1=O. The van der Waals surface area contributed by atoms with Crippen molar-refractivity contribution in [2.24, 2.45) is 23.5 Å². The molecule has 8 nitrogen and oxygen atoms in total. The van der Waals surface area contributed by atoms with Crippen LogP contribution in [0.3, 0.4) is 0 Å². The minimum absolute atomic E-state index is 0.203. The van der Waals surface area contributed by atoms with Gasteiger partial charge in [0, 0.05) is 17.5 Å². The Bertz CT molecular complexity index is 1770. The maximum absolute atomic E-state index is 14.8. The number of rotatable bonds is 14. The van der Waals surface area contributed by atoms with E-state index in [2.05, 4.69) is 29.3 Å². The first-order valence-electron chi connectivity index (χ1n) is 17.9. The van der Waals surface area contributed by atoms with Crippen LogP contribution in [-0.2, 0) is 20.9 Å². The van der Waals surface area contributed by atoms with Gasteiger partial charge in [-0.15, -0.1) is 0 Å². The molecule has 0 spiro atoms. The molecule has 3 unspecified atom stereocenters. The van der Waals surface area contributed by atoms with Gasteiger partial charge >= 0.3 is 0 Å². The number of hydrogen-bond donors (Lipinski definition) is 2. The summed E-state index contributed by atoms with van der Waals surface area (Å²) in [6.07, 6.45) is 6.11. The number of nitrogens with two attached hydrogens (primary N) is 1. The van der Waals surface area contributed by atoms with Gasteiger partial charge in [0.05, 0.1) is 31.6 Å². The summed E-state index contributed by atoms with van der Waals surface area (Å²) >= 11 is 0. The number of nitrogens with one attached hydrogen (secondary N) is 1. The average Bonchev–Trinajstić information content (AvgIpc) is 3.23. The van der Waals surface area contributed by atoms with Gasteiger partial charge in [-0.2, -0.15) is 0 Å². The molecule has 1 aliphatic heterocycles. The first kappa shape index (κ1) is 34.7. The van der Waals surface area contributed by atoms with E-state index in [1.807, 2.05) is 91.0 Å². The quantitative estimate of drug-likeness (QED) is 0.143. The van der Waals surface area contributed by atoms with Crippen LogP contribution in [0.15, 0.2) is 103 Å². The van der Waals surface area contributed by atoms with E-state index in [0.717, 1.165) is 71.6 Å². The van der Waals surface area contributed by atoms with Crippen LogP contribution in [0.1, 0.15) is 57.4 Å². The van der Waals surface area contributed by atoms with Crippen molar-refractivity contribution in [3.63, 3.8) is 0 Å². The predicted octanol–water partition coefficient (Wildman–Crippen LogP) is 7.63. The van der Waals surface area contributed by atoms with Gasteiger partial charge in [-0.1, -0.05) is 99.7 Å². The summed E-state index contributed by atoms with van der Waals surface area (Å²) in [5, 5.41) is 3.18. The summed E-state index contributed by atoms with van der Waals surface area (Å²) in [6, 6.07) is 33.1. The second-order valence-electron chi connectivity index (χ2n) is 13.6. The zero-order chi connectivity index (χ0) is 35.0. The first-order chi connectivity index (χ1) is 24.4. The molecule has 3 amide bonds. The molecular weight excluding hydrogens is 624 g/mol. The number of methoxy groups -OCH3 is 1. The summed E-state index contributed by atoms with van der Waals surface area (Å²) in [5.74, 6) is -0.893. The summed E-state index contributed by atoms with van der Waals surface area (Å²) in [5.41, 5.74) is 11.5. The Balaban J connectivity index is 1.36. The number of ether oxygens (including phenoxy) is 1. The molecule has 4 aromatic rings. The molecule has 8 heteroatoms. The number of carbonyl (C=O) groups is 3. The Kier molecular flexibility index (Phi) is 11.2. The molecule has 1 fully saturated rings. The fourth-order valence-corrected chi connectivity index (χ4v) is 7.31. The maximum atomic E-state index is 14.8. The summed E-state index contributed by atoms with van der Waals surface area (Å²) < 4.78 is 5.35. The van der Waals surface area contributed by atoms with E-state index in [1.54, 1.807) is 12.0 Å². The Morgan fingerprint density at radius 2 is 1.60 bits per heavy atom. The Hall–Kier alpha value is -5.11. The van der Waals surface area contributed by atoms with Crippen molar-refractivity contribution in [3.05, 3.63) is 109 Å². The largest absolute Gasteiger partial charge is 0.497 e. The number of carbonyl (C=O) groups excluding carboxylic acids is 3. The smallest absolute Gasteiger partial charge is 0.251 e. The van der Waals surface area contributed by atoms with Crippen LogP contribution in [0.5, 0.6) is 5.75 Å². The monoisotopic (exact) mass is 672 g/mol. The molecule has 6 rings (SSSR count). The Morgan fingerprint density at radius 3 is 2.26 bits per heavy atom. The standard InChI is InChI=1S/C42H48N4O4/c1-3-4-18-35(40(43)47)36(26-29-12-10-13-29)41(48)44-37-28-45(33-16-6-5-7-17-33)38-19-8-9-20-39(38)46(42(37)49)27-30-14-11-15-32(25-30)31-21-23-34(50-2)24-22-31/h5-9,11,14-17,19-25,29,35-37H,3-4,10,12-13,18,26-28H2,1-2H3,(H2,43,47)(H,44,48). The van der Waals surface area contributed by atoms with E-state index in [-0.39, 0.29) is 18.4 Å². The van der Waals surface area contributed by atoms with Gasteiger partial charge in [-0.3, -0.25) is 14.4 Å². The van der Waals surface area contributed by atoms with Crippen molar-refractivity contribution in [1.82, 2.24) is 5.32 Å². The number of benzene rings is 4. The molecule has 3 atom stereocenters. The first-order valence-corrected chi connectivity index (χ1v) is 17.9. The second-order valence-corrected chi connectivity index (χ2v) is 13.6. The number of primary amides is 1. The van der Waals surface area contributed by atoms with Gasteiger partial charge in [-0.05, 0) is 77.9 Å². The number of nitrogens with zero attached hydrogens (tertiary/aromatic N) is 2. The molecule has 50 heavy (non-hydrogen) atoms. The van der Waals surface area contributed by atoms with Crippen molar-refractivity contribution in [1.29, 1.82) is 0 Å². The molecule has 1 heterocycles. The number of para-hydroxylation sites is 3. The van der Waals surface area contributed by atoms with Crippen molar-refractivity contribution in [3.8, 4) is 16.9 Å². The van der Waals surface area contributed by atoms with E-state index in [9.17, 15) is 14.4 Å². The van der Waals surface area contributed by atoms with Gasteiger partial charge in [0.15, 0.2) is 0 Å². The van der Waals surface area contributed by atoms with Crippen molar-refractivity contribution in [2.75, 3.05) is 23.5 Å². The highest BCUT2D eigenvalue weighted by atomic mass is 16.5. The van der Waals surface area contributed by atoms with Crippen molar-refractivity contribution >= 4 is 34.8 Å². The average molecular weight is 673 g/mol. The van der Waals surface area contributed by atoms with Crippen LogP contribution in [0, 0.1) is 17.8 Å². The highest BCUT2D eigenvalue weighted by molar-refractivity contribution is 6.04. The summed E-state index contributed by atoms with van der Waals surface area (Å²) in [7, 11) is 1.65. The molecule has 1 aliphatic carbocycles. The van der Waals surface area contributed by atoms with Crippen LogP contribution >= 0.6 is 0 Å². The van der Waals surface area contributed by atoms with E-state index in [1.165, 1.54) is 0 Å². The third-order valence-electron chi connectivity index (χ3n) is 10.3. The van der Waals surface area contributed by atoms with E-state index < -0.39 is 23.8 Å². The van der Waals surface area contributed by atoms with Crippen LogP contribution in [0.4, 0.5) is 17.1 Å².